The molecule has 0 saturated heterocycles. The van der Waals surface area contributed by atoms with Gasteiger partial charge in [0.25, 0.3) is 0 Å². The van der Waals surface area contributed by atoms with Crippen LogP contribution in [-0.2, 0) is 4.74 Å². The first-order chi connectivity index (χ1) is 7.72. The van der Waals surface area contributed by atoms with Gasteiger partial charge in [-0.15, -0.1) is 0 Å². The third kappa shape index (κ3) is 3.20. The van der Waals surface area contributed by atoms with Gasteiger partial charge in [-0.05, 0) is 37.1 Å². The van der Waals surface area contributed by atoms with Gasteiger partial charge < -0.3 is 9.47 Å². The molecule has 1 rings (SSSR count). The van der Waals surface area contributed by atoms with E-state index >= 15 is 0 Å². The summed E-state index contributed by atoms with van der Waals surface area (Å²) in [4.78, 5) is 0. The molecule has 0 radical (unpaired) electrons. The molecule has 3 N–H and O–H groups in total. The Hall–Kier alpha value is -1.10. The molecule has 1 aromatic carbocycles. The first-order valence-electron chi connectivity index (χ1n) is 5.41. The molecule has 0 fully saturated rings. The van der Waals surface area contributed by atoms with Crippen molar-refractivity contribution in [3.8, 4) is 5.75 Å². The second-order valence-corrected chi connectivity index (χ2v) is 3.60. The average Bonchev–Trinajstić information content (AvgIpc) is 2.31. The van der Waals surface area contributed by atoms with E-state index in [0.29, 0.717) is 13.2 Å². The standard InChI is InChI=1S/C12H20N2O2/c1-4-16-8-12(14-13)11-6-5-10(15-3)7-9(11)2/h5-7,12,14H,4,8,13H2,1-3H3. The SMILES string of the molecule is CCOCC(NN)c1ccc(OC)cc1C. The van der Waals surface area contributed by atoms with Crippen LogP contribution in [0.2, 0.25) is 0 Å². The molecule has 16 heavy (non-hydrogen) atoms. The maximum atomic E-state index is 5.52. The lowest BCUT2D eigenvalue weighted by atomic mass is 10.0. The van der Waals surface area contributed by atoms with Crippen molar-refractivity contribution in [3.63, 3.8) is 0 Å². The molecular weight excluding hydrogens is 204 g/mol. The molecule has 0 heterocycles. The quantitative estimate of drug-likeness (QED) is 0.568. The molecule has 4 nitrogen and oxygen atoms in total. The van der Waals surface area contributed by atoms with Gasteiger partial charge in [0.15, 0.2) is 0 Å². The van der Waals surface area contributed by atoms with Crippen LogP contribution in [-0.4, -0.2) is 20.3 Å². The molecule has 0 bridgehead atoms. The Kier molecular flexibility index (Phi) is 5.25. The molecule has 0 saturated carbocycles. The van der Waals surface area contributed by atoms with E-state index in [1.807, 2.05) is 32.0 Å². The summed E-state index contributed by atoms with van der Waals surface area (Å²) in [5, 5.41) is 0. The van der Waals surface area contributed by atoms with E-state index < -0.39 is 0 Å². The van der Waals surface area contributed by atoms with Gasteiger partial charge in [-0.2, -0.15) is 0 Å². The molecule has 0 spiro atoms. The van der Waals surface area contributed by atoms with Gasteiger partial charge >= 0.3 is 0 Å². The van der Waals surface area contributed by atoms with E-state index in [1.54, 1.807) is 7.11 Å². The maximum Gasteiger partial charge on any atom is 0.119 e. The molecule has 1 aromatic rings. The predicted octanol–water partition coefficient (Wildman–Crippen LogP) is 1.54. The lowest BCUT2D eigenvalue weighted by Crippen LogP contribution is -2.31. The third-order valence-electron chi connectivity index (χ3n) is 2.54. The minimum atomic E-state index is 0.0193. The number of hydrogen-bond donors (Lipinski definition) is 2. The molecule has 4 heteroatoms. The first-order valence-corrected chi connectivity index (χ1v) is 5.41. The van der Waals surface area contributed by atoms with Crippen molar-refractivity contribution in [3.05, 3.63) is 29.3 Å². The van der Waals surface area contributed by atoms with Crippen molar-refractivity contribution >= 4 is 0 Å². The van der Waals surface area contributed by atoms with Crippen LogP contribution in [0.1, 0.15) is 24.1 Å². The zero-order chi connectivity index (χ0) is 12.0. The second kappa shape index (κ2) is 6.48. The summed E-state index contributed by atoms with van der Waals surface area (Å²) < 4.78 is 10.5. The van der Waals surface area contributed by atoms with E-state index in [9.17, 15) is 0 Å². The highest BCUT2D eigenvalue weighted by Gasteiger charge is 2.12. The van der Waals surface area contributed by atoms with E-state index in [2.05, 4.69) is 5.43 Å². The van der Waals surface area contributed by atoms with Gasteiger partial charge in [0.05, 0.1) is 19.8 Å². The van der Waals surface area contributed by atoms with Crippen LogP contribution < -0.4 is 16.0 Å². The number of ether oxygens (including phenoxy) is 2. The molecular formula is C12H20N2O2. The van der Waals surface area contributed by atoms with Crippen molar-refractivity contribution in [1.82, 2.24) is 5.43 Å². The van der Waals surface area contributed by atoms with Crippen LogP contribution in [0.25, 0.3) is 0 Å². The van der Waals surface area contributed by atoms with Crippen molar-refractivity contribution < 1.29 is 9.47 Å². The fraction of sp³-hybridized carbons (Fsp3) is 0.500. The summed E-state index contributed by atoms with van der Waals surface area (Å²) in [5.74, 6) is 6.38. The summed E-state index contributed by atoms with van der Waals surface area (Å²) in [6.07, 6.45) is 0. The first kappa shape index (κ1) is 13.0. The second-order valence-electron chi connectivity index (χ2n) is 3.60. The zero-order valence-corrected chi connectivity index (χ0v) is 10.1. The van der Waals surface area contributed by atoms with Gasteiger partial charge in [-0.25, -0.2) is 0 Å². The van der Waals surface area contributed by atoms with Crippen molar-refractivity contribution in [2.24, 2.45) is 5.84 Å². The number of aryl methyl sites for hydroxylation is 1. The van der Waals surface area contributed by atoms with Gasteiger partial charge in [0.1, 0.15) is 5.75 Å². The number of nitrogens with one attached hydrogen (secondary N) is 1. The Morgan fingerprint density at radius 3 is 2.69 bits per heavy atom. The Morgan fingerprint density at radius 1 is 1.44 bits per heavy atom. The molecule has 0 aliphatic heterocycles. The number of nitrogens with two attached hydrogens (primary N) is 1. The zero-order valence-electron chi connectivity index (χ0n) is 10.1. The largest absolute Gasteiger partial charge is 0.497 e. The molecule has 0 aliphatic carbocycles. The Labute approximate surface area is 96.7 Å². The fourth-order valence-corrected chi connectivity index (χ4v) is 1.63. The Morgan fingerprint density at radius 2 is 2.19 bits per heavy atom. The predicted molar refractivity (Wildman–Crippen MR) is 64.3 cm³/mol. The van der Waals surface area contributed by atoms with E-state index in [4.69, 9.17) is 15.3 Å². The summed E-state index contributed by atoms with van der Waals surface area (Å²) in [7, 11) is 1.66. The van der Waals surface area contributed by atoms with Crippen LogP contribution in [0.3, 0.4) is 0 Å². The van der Waals surface area contributed by atoms with E-state index in [1.165, 1.54) is 0 Å². The number of methoxy groups -OCH3 is 1. The van der Waals surface area contributed by atoms with Crippen molar-refractivity contribution in [2.75, 3.05) is 20.3 Å². The monoisotopic (exact) mass is 224 g/mol. The smallest absolute Gasteiger partial charge is 0.119 e. The normalized spacial score (nSPS) is 12.5. The van der Waals surface area contributed by atoms with Crippen LogP contribution in [0.15, 0.2) is 18.2 Å². The number of rotatable bonds is 6. The van der Waals surface area contributed by atoms with Crippen molar-refractivity contribution in [1.29, 1.82) is 0 Å². The number of hydrazine groups is 1. The highest BCUT2D eigenvalue weighted by atomic mass is 16.5. The molecule has 0 aromatic heterocycles. The summed E-state index contributed by atoms with van der Waals surface area (Å²) in [6, 6.07) is 5.95. The van der Waals surface area contributed by atoms with Crippen molar-refractivity contribution in [2.45, 2.75) is 19.9 Å². The fourth-order valence-electron chi connectivity index (χ4n) is 1.63. The van der Waals surface area contributed by atoms with Gasteiger partial charge in [-0.1, -0.05) is 6.07 Å². The minimum absolute atomic E-state index is 0.0193. The number of hydrogen-bond acceptors (Lipinski definition) is 4. The highest BCUT2D eigenvalue weighted by Crippen LogP contribution is 2.22. The topological polar surface area (TPSA) is 56.5 Å². The lowest BCUT2D eigenvalue weighted by Gasteiger charge is -2.18. The molecule has 0 aliphatic rings. The molecule has 90 valence electrons. The van der Waals surface area contributed by atoms with Crippen LogP contribution in [0.5, 0.6) is 5.75 Å². The van der Waals surface area contributed by atoms with Crippen LogP contribution >= 0.6 is 0 Å². The Bertz CT molecular complexity index is 329. The Balaban J connectivity index is 2.83. The minimum Gasteiger partial charge on any atom is -0.497 e. The van der Waals surface area contributed by atoms with E-state index in [-0.39, 0.29) is 6.04 Å². The van der Waals surface area contributed by atoms with Gasteiger partial charge in [0.2, 0.25) is 0 Å². The van der Waals surface area contributed by atoms with E-state index in [0.717, 1.165) is 16.9 Å². The van der Waals surface area contributed by atoms with Gasteiger partial charge in [-0.3, -0.25) is 11.3 Å². The molecule has 1 atom stereocenters. The van der Waals surface area contributed by atoms with Crippen LogP contribution in [0, 0.1) is 6.92 Å². The summed E-state index contributed by atoms with van der Waals surface area (Å²) in [5.41, 5.74) is 5.04. The highest BCUT2D eigenvalue weighted by molar-refractivity contribution is 5.36. The van der Waals surface area contributed by atoms with Gasteiger partial charge in [0, 0.05) is 6.61 Å². The lowest BCUT2D eigenvalue weighted by molar-refractivity contribution is 0.123. The number of benzene rings is 1. The molecule has 1 unspecified atom stereocenters. The van der Waals surface area contributed by atoms with Crippen LogP contribution in [0.4, 0.5) is 0 Å². The average molecular weight is 224 g/mol. The summed E-state index contributed by atoms with van der Waals surface area (Å²) in [6.45, 7) is 5.26. The summed E-state index contributed by atoms with van der Waals surface area (Å²) >= 11 is 0. The third-order valence-corrected chi connectivity index (χ3v) is 2.54. The maximum absolute atomic E-state index is 5.52. The molecule has 0 amide bonds.